The first kappa shape index (κ1) is 14.5. The average Bonchev–Trinajstić information content (AvgIpc) is 2.90. The molecule has 0 bridgehead atoms. The number of carbonyl (C=O) groups is 1. The van der Waals surface area contributed by atoms with Crippen molar-refractivity contribution < 1.29 is 4.79 Å². The van der Waals surface area contributed by atoms with Gasteiger partial charge in [-0.1, -0.05) is 19.1 Å². The number of hydrogen-bond donors (Lipinski definition) is 0. The highest BCUT2D eigenvalue weighted by atomic mass is 32.1. The Bertz CT molecular complexity index is 584. The average molecular weight is 303 g/mol. The molecular formula is C16H21N3OS. The lowest BCUT2D eigenvalue weighted by molar-refractivity contribution is -0.133. The molecule has 1 saturated heterocycles. The zero-order valence-electron chi connectivity index (χ0n) is 12.4. The van der Waals surface area contributed by atoms with Gasteiger partial charge in [0.15, 0.2) is 0 Å². The molecule has 0 N–H and O–H groups in total. The quantitative estimate of drug-likeness (QED) is 0.871. The van der Waals surface area contributed by atoms with Crippen LogP contribution in [0.2, 0.25) is 0 Å². The lowest BCUT2D eigenvalue weighted by Gasteiger charge is -2.34. The molecule has 0 radical (unpaired) electrons. The van der Waals surface area contributed by atoms with Crippen LogP contribution >= 0.6 is 11.3 Å². The fourth-order valence-corrected chi connectivity index (χ4v) is 3.72. The van der Waals surface area contributed by atoms with Crippen LogP contribution < -0.4 is 0 Å². The Hall–Kier alpha value is -1.46. The van der Waals surface area contributed by atoms with E-state index in [1.807, 2.05) is 11.0 Å². The van der Waals surface area contributed by atoms with Gasteiger partial charge in [-0.15, -0.1) is 11.3 Å². The van der Waals surface area contributed by atoms with Crippen molar-refractivity contribution in [2.24, 2.45) is 0 Å². The third-order valence-electron chi connectivity index (χ3n) is 3.89. The normalized spacial score (nSPS) is 16.5. The number of hydrogen-bond acceptors (Lipinski definition) is 4. The zero-order valence-corrected chi connectivity index (χ0v) is 13.2. The molecule has 1 amide bonds. The van der Waals surface area contributed by atoms with E-state index < -0.39 is 0 Å². The van der Waals surface area contributed by atoms with Gasteiger partial charge in [0, 0.05) is 32.6 Å². The maximum atomic E-state index is 11.9. The van der Waals surface area contributed by atoms with Gasteiger partial charge < -0.3 is 4.90 Å². The Balaban J connectivity index is 1.56. The molecule has 1 aliphatic heterocycles. The lowest BCUT2D eigenvalue weighted by Crippen LogP contribution is -2.48. The van der Waals surface area contributed by atoms with Crippen LogP contribution in [0.15, 0.2) is 24.3 Å². The Kier molecular flexibility index (Phi) is 4.51. The van der Waals surface area contributed by atoms with Crippen molar-refractivity contribution in [3.63, 3.8) is 0 Å². The van der Waals surface area contributed by atoms with Crippen LogP contribution in [-0.2, 0) is 11.3 Å². The second kappa shape index (κ2) is 6.54. The molecule has 1 fully saturated rings. The molecule has 112 valence electrons. The number of aromatic nitrogens is 1. The van der Waals surface area contributed by atoms with Crippen LogP contribution in [0.5, 0.6) is 0 Å². The Morgan fingerprint density at radius 3 is 2.71 bits per heavy atom. The van der Waals surface area contributed by atoms with Crippen LogP contribution in [0, 0.1) is 0 Å². The minimum atomic E-state index is 0.303. The summed E-state index contributed by atoms with van der Waals surface area (Å²) in [5.41, 5.74) is 1.09. The molecular weight excluding hydrogens is 282 g/mol. The van der Waals surface area contributed by atoms with Crippen LogP contribution in [0.4, 0.5) is 0 Å². The molecule has 0 saturated carbocycles. The summed E-state index contributed by atoms with van der Waals surface area (Å²) in [6, 6.07) is 8.28. The molecule has 1 aromatic carbocycles. The van der Waals surface area contributed by atoms with Crippen LogP contribution in [0.1, 0.15) is 24.8 Å². The van der Waals surface area contributed by atoms with Gasteiger partial charge in [0.25, 0.3) is 0 Å². The van der Waals surface area contributed by atoms with Crippen molar-refractivity contribution >= 4 is 27.5 Å². The van der Waals surface area contributed by atoms with Gasteiger partial charge in [0.05, 0.1) is 16.8 Å². The number of piperazine rings is 1. The molecule has 1 aliphatic rings. The highest BCUT2D eigenvalue weighted by molar-refractivity contribution is 7.18. The third-order valence-corrected chi connectivity index (χ3v) is 4.91. The monoisotopic (exact) mass is 303 g/mol. The Labute approximate surface area is 129 Å². The van der Waals surface area contributed by atoms with E-state index in [-0.39, 0.29) is 0 Å². The molecule has 2 aromatic rings. The van der Waals surface area contributed by atoms with E-state index >= 15 is 0 Å². The zero-order chi connectivity index (χ0) is 14.7. The van der Waals surface area contributed by atoms with Crippen molar-refractivity contribution in [1.82, 2.24) is 14.8 Å². The first-order valence-electron chi connectivity index (χ1n) is 7.61. The number of rotatable bonds is 4. The van der Waals surface area contributed by atoms with Gasteiger partial charge in [-0.2, -0.15) is 0 Å². The summed E-state index contributed by atoms with van der Waals surface area (Å²) in [7, 11) is 0. The van der Waals surface area contributed by atoms with E-state index in [1.165, 1.54) is 9.71 Å². The van der Waals surface area contributed by atoms with E-state index in [9.17, 15) is 4.79 Å². The maximum absolute atomic E-state index is 11.9. The van der Waals surface area contributed by atoms with Crippen LogP contribution in [-0.4, -0.2) is 46.9 Å². The van der Waals surface area contributed by atoms with Crippen molar-refractivity contribution in [3.05, 3.63) is 29.3 Å². The number of amides is 1. The highest BCUT2D eigenvalue weighted by Crippen LogP contribution is 2.23. The van der Waals surface area contributed by atoms with Crippen LogP contribution in [0.3, 0.4) is 0 Å². The summed E-state index contributed by atoms with van der Waals surface area (Å²) in [6.07, 6.45) is 1.61. The second-order valence-corrected chi connectivity index (χ2v) is 6.60. The van der Waals surface area contributed by atoms with E-state index in [0.29, 0.717) is 12.3 Å². The third kappa shape index (κ3) is 3.41. The minimum Gasteiger partial charge on any atom is -0.340 e. The predicted molar refractivity (Wildman–Crippen MR) is 86.4 cm³/mol. The molecule has 0 unspecified atom stereocenters. The van der Waals surface area contributed by atoms with E-state index in [2.05, 4.69) is 35.0 Å². The summed E-state index contributed by atoms with van der Waals surface area (Å²) < 4.78 is 1.25. The number of nitrogens with zero attached hydrogens (tertiary/aromatic N) is 3. The molecule has 0 spiro atoms. The van der Waals surface area contributed by atoms with E-state index in [0.717, 1.165) is 44.7 Å². The Morgan fingerprint density at radius 2 is 2.00 bits per heavy atom. The summed E-state index contributed by atoms with van der Waals surface area (Å²) in [5, 5.41) is 1.17. The number of fused-ring (bicyclic) bond motifs is 1. The first-order valence-corrected chi connectivity index (χ1v) is 8.42. The van der Waals surface area contributed by atoms with Crippen molar-refractivity contribution in [2.45, 2.75) is 26.3 Å². The molecule has 21 heavy (non-hydrogen) atoms. The summed E-state index contributed by atoms with van der Waals surface area (Å²) >= 11 is 1.77. The fourth-order valence-electron chi connectivity index (χ4n) is 2.71. The number of benzene rings is 1. The van der Waals surface area contributed by atoms with Gasteiger partial charge in [-0.25, -0.2) is 4.98 Å². The predicted octanol–water partition coefficient (Wildman–Crippen LogP) is 2.74. The van der Waals surface area contributed by atoms with Crippen molar-refractivity contribution in [3.8, 4) is 0 Å². The minimum absolute atomic E-state index is 0.303. The largest absolute Gasteiger partial charge is 0.340 e. The number of thiazole rings is 1. The van der Waals surface area contributed by atoms with Crippen molar-refractivity contribution in [1.29, 1.82) is 0 Å². The number of carbonyl (C=O) groups excluding carboxylic acids is 1. The maximum Gasteiger partial charge on any atom is 0.222 e. The highest BCUT2D eigenvalue weighted by Gasteiger charge is 2.21. The summed E-state index contributed by atoms with van der Waals surface area (Å²) in [6.45, 7) is 6.56. The molecule has 0 atom stereocenters. The smallest absolute Gasteiger partial charge is 0.222 e. The molecule has 3 rings (SSSR count). The Morgan fingerprint density at radius 1 is 1.24 bits per heavy atom. The van der Waals surface area contributed by atoms with E-state index in [1.54, 1.807) is 11.3 Å². The molecule has 5 heteroatoms. The summed E-state index contributed by atoms with van der Waals surface area (Å²) in [4.78, 5) is 21.0. The standard InChI is InChI=1S/C16H21N3OS/c1-2-5-16(20)19-10-8-18(9-11-19)12-15-17-13-6-3-4-7-14(13)21-15/h3-4,6-7H,2,5,8-12H2,1H3. The van der Waals surface area contributed by atoms with E-state index in [4.69, 9.17) is 0 Å². The van der Waals surface area contributed by atoms with Gasteiger partial charge in [0.1, 0.15) is 5.01 Å². The lowest BCUT2D eigenvalue weighted by atomic mass is 10.2. The van der Waals surface area contributed by atoms with Crippen molar-refractivity contribution in [2.75, 3.05) is 26.2 Å². The SMILES string of the molecule is CCCC(=O)N1CCN(Cc2nc3ccccc3s2)CC1. The van der Waals surface area contributed by atoms with Gasteiger partial charge in [0.2, 0.25) is 5.91 Å². The number of para-hydroxylation sites is 1. The van der Waals surface area contributed by atoms with Crippen LogP contribution in [0.25, 0.3) is 10.2 Å². The first-order chi connectivity index (χ1) is 10.3. The molecule has 4 nitrogen and oxygen atoms in total. The molecule has 0 aliphatic carbocycles. The molecule has 2 heterocycles. The molecule has 1 aromatic heterocycles. The fraction of sp³-hybridized carbons (Fsp3) is 0.500. The topological polar surface area (TPSA) is 36.4 Å². The van der Waals surface area contributed by atoms with Gasteiger partial charge in [-0.3, -0.25) is 9.69 Å². The van der Waals surface area contributed by atoms with Gasteiger partial charge >= 0.3 is 0 Å². The van der Waals surface area contributed by atoms with Gasteiger partial charge in [-0.05, 0) is 18.6 Å². The summed E-state index contributed by atoms with van der Waals surface area (Å²) in [5.74, 6) is 0.303. The second-order valence-electron chi connectivity index (χ2n) is 5.48.